The number of carboxylic acids is 1. The Hall–Kier alpha value is -1.26. The van der Waals surface area contributed by atoms with Gasteiger partial charge in [-0.3, -0.25) is 9.59 Å². The average molecular weight is 267 g/mol. The maximum Gasteiger partial charge on any atom is 0.325 e. The van der Waals surface area contributed by atoms with E-state index in [4.69, 9.17) is 15.3 Å². The van der Waals surface area contributed by atoms with Crippen LogP contribution in [0.3, 0.4) is 0 Å². The molecule has 0 aromatic rings. The van der Waals surface area contributed by atoms with Gasteiger partial charge < -0.3 is 36.0 Å². The Bertz CT molecular complexity index is 296. The monoisotopic (exact) mass is 267 g/mol. The van der Waals surface area contributed by atoms with Crippen molar-refractivity contribution in [2.24, 2.45) is 0 Å². The zero-order chi connectivity index (χ0) is 14.5. The SMILES string of the molecule is C[C@H](NC(=O)[C@H](O)[C@@H](O)[C@H](O)[C@H](O)CO)C(=O)O. The normalized spacial score (nSPS) is 19.4. The second-order valence-electron chi connectivity index (χ2n) is 3.74. The van der Waals surface area contributed by atoms with Crippen molar-refractivity contribution >= 4 is 11.9 Å². The van der Waals surface area contributed by atoms with Gasteiger partial charge in [0.15, 0.2) is 6.10 Å². The summed E-state index contributed by atoms with van der Waals surface area (Å²) in [5.74, 6) is -2.57. The molecule has 0 saturated heterocycles. The molecule has 0 aromatic heterocycles. The number of carboxylic acid groups (broad SMARTS) is 1. The van der Waals surface area contributed by atoms with E-state index in [1.54, 1.807) is 0 Å². The van der Waals surface area contributed by atoms with Crippen molar-refractivity contribution in [3.8, 4) is 0 Å². The van der Waals surface area contributed by atoms with Crippen molar-refractivity contribution in [3.05, 3.63) is 0 Å². The highest BCUT2D eigenvalue weighted by molar-refractivity contribution is 5.86. The molecule has 18 heavy (non-hydrogen) atoms. The molecule has 0 aliphatic carbocycles. The number of aliphatic carboxylic acids is 1. The van der Waals surface area contributed by atoms with Crippen LogP contribution in [0.2, 0.25) is 0 Å². The number of hydrogen-bond acceptors (Lipinski definition) is 7. The summed E-state index contributed by atoms with van der Waals surface area (Å²) in [5, 5.41) is 55.8. The van der Waals surface area contributed by atoms with E-state index in [9.17, 15) is 24.9 Å². The number of carbonyl (C=O) groups is 2. The molecule has 0 heterocycles. The topological polar surface area (TPSA) is 168 Å². The van der Waals surface area contributed by atoms with Gasteiger partial charge in [-0.1, -0.05) is 0 Å². The van der Waals surface area contributed by atoms with E-state index in [-0.39, 0.29) is 0 Å². The Labute approximate surface area is 102 Å². The standard InChI is InChI=1S/C9H17NO8/c1-3(9(17)18)10-8(16)7(15)6(14)5(13)4(12)2-11/h3-7,11-15H,2H2,1H3,(H,10,16)(H,17,18)/t3-,4+,5+,6-,7+/m0/s1. The van der Waals surface area contributed by atoms with E-state index in [1.165, 1.54) is 0 Å². The number of nitrogens with one attached hydrogen (secondary N) is 1. The molecular weight excluding hydrogens is 250 g/mol. The van der Waals surface area contributed by atoms with Crippen LogP contribution in [-0.2, 0) is 9.59 Å². The van der Waals surface area contributed by atoms with Crippen molar-refractivity contribution < 1.29 is 40.2 Å². The van der Waals surface area contributed by atoms with Crippen molar-refractivity contribution in [3.63, 3.8) is 0 Å². The molecule has 0 unspecified atom stereocenters. The van der Waals surface area contributed by atoms with Gasteiger partial charge >= 0.3 is 5.97 Å². The summed E-state index contributed by atoms with van der Waals surface area (Å²) in [4.78, 5) is 21.7. The molecule has 0 bridgehead atoms. The van der Waals surface area contributed by atoms with E-state index < -0.39 is 48.9 Å². The van der Waals surface area contributed by atoms with Gasteiger partial charge in [-0.05, 0) is 6.92 Å². The fourth-order valence-electron chi connectivity index (χ4n) is 1.04. The first-order valence-corrected chi connectivity index (χ1v) is 5.08. The fourth-order valence-corrected chi connectivity index (χ4v) is 1.04. The number of hydrogen-bond donors (Lipinski definition) is 7. The predicted octanol–water partition coefficient (Wildman–Crippen LogP) is -3.99. The van der Waals surface area contributed by atoms with E-state index in [0.29, 0.717) is 0 Å². The first-order chi connectivity index (χ1) is 8.22. The van der Waals surface area contributed by atoms with E-state index in [2.05, 4.69) is 0 Å². The molecule has 0 fully saturated rings. The zero-order valence-electron chi connectivity index (χ0n) is 9.59. The molecule has 9 heteroatoms. The second kappa shape index (κ2) is 7.24. The largest absolute Gasteiger partial charge is 0.480 e. The van der Waals surface area contributed by atoms with Gasteiger partial charge in [-0.25, -0.2) is 0 Å². The molecule has 0 saturated carbocycles. The van der Waals surface area contributed by atoms with Crippen LogP contribution in [0.5, 0.6) is 0 Å². The van der Waals surface area contributed by atoms with E-state index in [0.717, 1.165) is 6.92 Å². The smallest absolute Gasteiger partial charge is 0.325 e. The van der Waals surface area contributed by atoms with Gasteiger partial charge in [0.25, 0.3) is 5.91 Å². The lowest BCUT2D eigenvalue weighted by molar-refractivity contribution is -0.152. The number of rotatable bonds is 7. The van der Waals surface area contributed by atoms with Crippen molar-refractivity contribution in [1.82, 2.24) is 5.32 Å². The second-order valence-corrected chi connectivity index (χ2v) is 3.74. The highest BCUT2D eigenvalue weighted by Gasteiger charge is 2.34. The molecule has 0 aliphatic rings. The van der Waals surface area contributed by atoms with Crippen LogP contribution in [0.4, 0.5) is 0 Å². The number of carbonyl (C=O) groups excluding carboxylic acids is 1. The average Bonchev–Trinajstić information content (AvgIpc) is 2.34. The van der Waals surface area contributed by atoms with Crippen LogP contribution in [0.15, 0.2) is 0 Å². The minimum absolute atomic E-state index is 0.877. The lowest BCUT2D eigenvalue weighted by Crippen LogP contribution is -2.53. The summed E-state index contributed by atoms with van der Waals surface area (Å²) in [6.07, 6.45) is -7.88. The van der Waals surface area contributed by atoms with Crippen molar-refractivity contribution in [2.45, 2.75) is 37.4 Å². The van der Waals surface area contributed by atoms with Crippen LogP contribution in [-0.4, -0.2) is 79.6 Å². The van der Waals surface area contributed by atoms with Crippen molar-refractivity contribution in [1.29, 1.82) is 0 Å². The molecule has 7 N–H and O–H groups in total. The van der Waals surface area contributed by atoms with Crippen LogP contribution in [0.1, 0.15) is 6.92 Å². The van der Waals surface area contributed by atoms with E-state index >= 15 is 0 Å². The molecule has 0 aromatic carbocycles. The first kappa shape index (κ1) is 16.7. The maximum atomic E-state index is 11.3. The quantitative estimate of drug-likeness (QED) is 0.245. The zero-order valence-corrected chi connectivity index (χ0v) is 9.59. The molecule has 9 nitrogen and oxygen atoms in total. The Morgan fingerprint density at radius 1 is 1.11 bits per heavy atom. The van der Waals surface area contributed by atoms with Gasteiger partial charge in [0, 0.05) is 0 Å². The predicted molar refractivity (Wildman–Crippen MR) is 56.4 cm³/mol. The number of aliphatic hydroxyl groups excluding tert-OH is 5. The highest BCUT2D eigenvalue weighted by Crippen LogP contribution is 2.05. The Kier molecular flexibility index (Phi) is 6.73. The molecule has 1 amide bonds. The summed E-state index contributed by atoms with van der Waals surface area (Å²) in [6, 6.07) is -1.29. The van der Waals surface area contributed by atoms with Crippen LogP contribution < -0.4 is 5.32 Å². The molecule has 0 spiro atoms. The third kappa shape index (κ3) is 4.55. The van der Waals surface area contributed by atoms with Gasteiger partial charge in [0.1, 0.15) is 24.4 Å². The first-order valence-electron chi connectivity index (χ1n) is 5.08. The minimum Gasteiger partial charge on any atom is -0.480 e. The molecule has 5 atom stereocenters. The van der Waals surface area contributed by atoms with E-state index in [1.807, 2.05) is 5.32 Å². The lowest BCUT2D eigenvalue weighted by Gasteiger charge is -2.25. The Morgan fingerprint density at radius 2 is 1.61 bits per heavy atom. The molecule has 106 valence electrons. The summed E-state index contributed by atoms with van der Waals surface area (Å²) >= 11 is 0. The summed E-state index contributed by atoms with van der Waals surface area (Å²) in [7, 11) is 0. The van der Waals surface area contributed by atoms with Gasteiger partial charge in [-0.15, -0.1) is 0 Å². The highest BCUT2D eigenvalue weighted by atomic mass is 16.4. The summed E-state index contributed by atoms with van der Waals surface area (Å²) < 4.78 is 0. The maximum absolute atomic E-state index is 11.3. The molecule has 0 radical (unpaired) electrons. The summed E-state index contributed by atoms with van der Waals surface area (Å²) in [6.45, 7) is 0.260. The number of amides is 1. The molecular formula is C9H17NO8. The van der Waals surface area contributed by atoms with Crippen molar-refractivity contribution in [2.75, 3.05) is 6.61 Å². The fraction of sp³-hybridized carbons (Fsp3) is 0.778. The third-order valence-corrected chi connectivity index (χ3v) is 2.25. The molecule has 0 rings (SSSR count). The van der Waals surface area contributed by atoms with Gasteiger partial charge in [0.05, 0.1) is 6.61 Å². The third-order valence-electron chi connectivity index (χ3n) is 2.25. The van der Waals surface area contributed by atoms with Gasteiger partial charge in [0.2, 0.25) is 0 Å². The van der Waals surface area contributed by atoms with Crippen LogP contribution >= 0.6 is 0 Å². The Morgan fingerprint density at radius 3 is 2.00 bits per heavy atom. The minimum atomic E-state index is -2.14. The van der Waals surface area contributed by atoms with Crippen LogP contribution in [0, 0.1) is 0 Å². The summed E-state index contributed by atoms with van der Waals surface area (Å²) in [5.41, 5.74) is 0. The van der Waals surface area contributed by atoms with Crippen LogP contribution in [0.25, 0.3) is 0 Å². The molecule has 0 aliphatic heterocycles. The van der Waals surface area contributed by atoms with Gasteiger partial charge in [-0.2, -0.15) is 0 Å². The lowest BCUT2D eigenvalue weighted by atomic mass is 10.0. The number of aliphatic hydroxyl groups is 5. The Balaban J connectivity index is 4.49.